The minimum Gasteiger partial charge on any atom is -0.484 e. The minimum absolute atomic E-state index is 0.118. The number of hydrogen-bond donors (Lipinski definition) is 0. The van der Waals surface area contributed by atoms with Crippen LogP contribution in [0.15, 0.2) is 41.3 Å². The molecule has 6 nitrogen and oxygen atoms in total. The average molecular weight is 513 g/mol. The molecule has 1 fully saturated rings. The molecule has 1 aliphatic carbocycles. The number of fused-ring (bicyclic) bond motifs is 1. The van der Waals surface area contributed by atoms with E-state index in [1.165, 1.54) is 6.26 Å². The second-order valence-corrected chi connectivity index (χ2v) is 11.6. The van der Waals surface area contributed by atoms with Crippen LogP contribution in [0.1, 0.15) is 23.7 Å². The van der Waals surface area contributed by atoms with E-state index in [4.69, 9.17) is 32.7 Å². The molecule has 0 aromatic heterocycles. The Balaban J connectivity index is 1.59. The standard InChI is InChI=1S/C24H30Cl2N2O4S/c1-31-13-12-27-8-3-9-28(11-10-27)23-16-20-21(14-17(25)15-22(20)26)24(23)32-18-4-6-19(7-5-18)33(2,29)30/h4-7,14-15,23-24H,3,8-13,16H2,1-2H3/t23-,24+/m0/s1. The second-order valence-electron chi connectivity index (χ2n) is 8.73. The van der Waals surface area contributed by atoms with Gasteiger partial charge in [0.1, 0.15) is 11.9 Å². The van der Waals surface area contributed by atoms with Crippen LogP contribution < -0.4 is 4.74 Å². The van der Waals surface area contributed by atoms with E-state index in [0.29, 0.717) is 15.8 Å². The quantitative estimate of drug-likeness (QED) is 0.556. The van der Waals surface area contributed by atoms with Gasteiger partial charge in [-0.05, 0) is 67.9 Å². The highest BCUT2D eigenvalue weighted by Gasteiger charge is 2.40. The van der Waals surface area contributed by atoms with E-state index in [1.54, 1.807) is 37.4 Å². The predicted octanol–water partition coefficient (Wildman–Crippen LogP) is 4.10. The summed E-state index contributed by atoms with van der Waals surface area (Å²) in [5, 5.41) is 1.25. The van der Waals surface area contributed by atoms with E-state index in [-0.39, 0.29) is 17.0 Å². The van der Waals surface area contributed by atoms with E-state index < -0.39 is 9.84 Å². The summed E-state index contributed by atoms with van der Waals surface area (Å²) in [6, 6.07) is 10.4. The molecule has 1 heterocycles. The fourth-order valence-electron chi connectivity index (χ4n) is 4.76. The smallest absolute Gasteiger partial charge is 0.175 e. The lowest BCUT2D eigenvalue weighted by molar-refractivity contribution is 0.0787. The topological polar surface area (TPSA) is 59.1 Å². The van der Waals surface area contributed by atoms with Crippen LogP contribution in [-0.4, -0.2) is 77.0 Å². The highest BCUT2D eigenvalue weighted by molar-refractivity contribution is 7.90. The molecule has 0 amide bonds. The van der Waals surface area contributed by atoms with E-state index in [0.717, 1.165) is 63.3 Å². The van der Waals surface area contributed by atoms with Crippen LogP contribution in [0.5, 0.6) is 5.75 Å². The number of rotatable bonds is 7. The van der Waals surface area contributed by atoms with Crippen molar-refractivity contribution in [1.82, 2.24) is 9.80 Å². The maximum Gasteiger partial charge on any atom is 0.175 e. The summed E-state index contributed by atoms with van der Waals surface area (Å²) in [7, 11) is -1.53. The predicted molar refractivity (Wildman–Crippen MR) is 131 cm³/mol. The molecule has 2 atom stereocenters. The van der Waals surface area contributed by atoms with Crippen LogP contribution in [0, 0.1) is 0 Å². The summed E-state index contributed by atoms with van der Waals surface area (Å²) >= 11 is 12.9. The molecule has 2 aromatic rings. The second kappa shape index (κ2) is 10.5. The van der Waals surface area contributed by atoms with Gasteiger partial charge in [-0.3, -0.25) is 9.80 Å². The molecule has 0 spiro atoms. The summed E-state index contributed by atoms with van der Waals surface area (Å²) < 4.78 is 35.4. The number of ether oxygens (including phenoxy) is 2. The van der Waals surface area contributed by atoms with Crippen molar-refractivity contribution in [1.29, 1.82) is 0 Å². The Labute approximate surface area is 206 Å². The van der Waals surface area contributed by atoms with Crippen molar-refractivity contribution in [3.63, 3.8) is 0 Å². The molecular formula is C24H30Cl2N2O4S. The van der Waals surface area contributed by atoms with Gasteiger partial charge in [0.05, 0.1) is 17.5 Å². The van der Waals surface area contributed by atoms with Crippen molar-refractivity contribution in [3.8, 4) is 5.75 Å². The molecule has 1 saturated heterocycles. The molecule has 33 heavy (non-hydrogen) atoms. The molecule has 0 saturated carbocycles. The summed E-state index contributed by atoms with van der Waals surface area (Å²) in [6.45, 7) is 5.59. The van der Waals surface area contributed by atoms with Crippen molar-refractivity contribution in [3.05, 3.63) is 57.6 Å². The number of methoxy groups -OCH3 is 1. The van der Waals surface area contributed by atoms with Crippen molar-refractivity contribution in [2.45, 2.75) is 29.9 Å². The number of halogens is 2. The molecule has 0 radical (unpaired) electrons. The van der Waals surface area contributed by atoms with E-state index in [1.807, 2.05) is 6.07 Å². The first-order chi connectivity index (χ1) is 15.8. The zero-order valence-corrected chi connectivity index (χ0v) is 21.3. The van der Waals surface area contributed by atoms with Gasteiger partial charge in [0, 0.05) is 48.6 Å². The number of hydrogen-bond acceptors (Lipinski definition) is 6. The van der Waals surface area contributed by atoms with Crippen LogP contribution in [-0.2, 0) is 21.0 Å². The lowest BCUT2D eigenvalue weighted by Crippen LogP contribution is -2.42. The van der Waals surface area contributed by atoms with Crippen molar-refractivity contribution in [2.75, 3.05) is 52.7 Å². The molecule has 0 N–H and O–H groups in total. The summed E-state index contributed by atoms with van der Waals surface area (Å²) in [4.78, 5) is 5.20. The minimum atomic E-state index is -3.26. The maximum atomic E-state index is 11.8. The molecule has 0 unspecified atom stereocenters. The molecular weight excluding hydrogens is 483 g/mol. The molecule has 2 aliphatic rings. The van der Waals surface area contributed by atoms with E-state index in [9.17, 15) is 8.42 Å². The van der Waals surface area contributed by atoms with Gasteiger partial charge in [0.2, 0.25) is 0 Å². The van der Waals surface area contributed by atoms with Gasteiger partial charge in [-0.15, -0.1) is 0 Å². The Bertz CT molecular complexity index is 1080. The van der Waals surface area contributed by atoms with Gasteiger partial charge in [0.15, 0.2) is 9.84 Å². The highest BCUT2D eigenvalue weighted by Crippen LogP contribution is 2.43. The lowest BCUT2D eigenvalue weighted by Gasteiger charge is -2.32. The van der Waals surface area contributed by atoms with Gasteiger partial charge in [-0.1, -0.05) is 23.2 Å². The van der Waals surface area contributed by atoms with Crippen molar-refractivity contribution in [2.24, 2.45) is 0 Å². The first-order valence-electron chi connectivity index (χ1n) is 11.2. The van der Waals surface area contributed by atoms with Gasteiger partial charge in [0.25, 0.3) is 0 Å². The largest absolute Gasteiger partial charge is 0.484 e. The average Bonchev–Trinajstić information content (AvgIpc) is 2.96. The third-order valence-electron chi connectivity index (χ3n) is 6.48. The Hall–Kier alpha value is -1.35. The van der Waals surface area contributed by atoms with Crippen LogP contribution in [0.3, 0.4) is 0 Å². The van der Waals surface area contributed by atoms with Gasteiger partial charge < -0.3 is 9.47 Å². The van der Waals surface area contributed by atoms with Crippen molar-refractivity contribution >= 4 is 33.0 Å². The Morgan fingerprint density at radius 3 is 2.52 bits per heavy atom. The lowest BCUT2D eigenvalue weighted by atomic mass is 10.1. The SMILES string of the molecule is COCCN1CCCN([C@H]2Cc3c(Cl)cc(Cl)cc3[C@H]2Oc2ccc(S(C)(=O)=O)cc2)CC1. The monoisotopic (exact) mass is 512 g/mol. The Morgan fingerprint density at radius 2 is 1.82 bits per heavy atom. The number of sulfone groups is 1. The number of nitrogens with zero attached hydrogens (tertiary/aromatic N) is 2. The zero-order chi connectivity index (χ0) is 23.6. The molecule has 2 aromatic carbocycles. The first-order valence-corrected chi connectivity index (χ1v) is 13.8. The molecule has 1 aliphatic heterocycles. The highest BCUT2D eigenvalue weighted by atomic mass is 35.5. The summed E-state index contributed by atoms with van der Waals surface area (Å²) in [6.07, 6.45) is 2.81. The van der Waals surface area contributed by atoms with Gasteiger partial charge in [-0.2, -0.15) is 0 Å². The normalized spacial score (nSPS) is 22.2. The third-order valence-corrected chi connectivity index (χ3v) is 8.17. The first kappa shape index (κ1) is 24.8. The van der Waals surface area contributed by atoms with E-state index >= 15 is 0 Å². The van der Waals surface area contributed by atoms with Gasteiger partial charge in [-0.25, -0.2) is 8.42 Å². The van der Waals surface area contributed by atoms with Crippen molar-refractivity contribution < 1.29 is 17.9 Å². The van der Waals surface area contributed by atoms with Gasteiger partial charge >= 0.3 is 0 Å². The van der Waals surface area contributed by atoms with E-state index in [2.05, 4.69) is 9.80 Å². The zero-order valence-electron chi connectivity index (χ0n) is 19.0. The third kappa shape index (κ3) is 5.84. The van der Waals surface area contributed by atoms with Crippen LogP contribution in [0.4, 0.5) is 0 Å². The van der Waals surface area contributed by atoms with Crippen LogP contribution >= 0.6 is 23.2 Å². The maximum absolute atomic E-state index is 11.8. The fraction of sp³-hybridized carbons (Fsp3) is 0.500. The molecule has 9 heteroatoms. The Kier molecular flexibility index (Phi) is 7.88. The fourth-order valence-corrected chi connectivity index (χ4v) is 5.97. The molecule has 0 bridgehead atoms. The summed E-state index contributed by atoms with van der Waals surface area (Å²) in [5.41, 5.74) is 2.08. The molecule has 180 valence electrons. The van der Waals surface area contributed by atoms with Crippen LogP contribution in [0.2, 0.25) is 10.0 Å². The summed E-state index contributed by atoms with van der Waals surface area (Å²) in [5.74, 6) is 0.623. The Morgan fingerprint density at radius 1 is 1.06 bits per heavy atom. The molecule has 4 rings (SSSR count). The number of benzene rings is 2. The van der Waals surface area contributed by atoms with Crippen LogP contribution in [0.25, 0.3) is 0 Å².